The first-order chi connectivity index (χ1) is 12.9. The van der Waals surface area contributed by atoms with Crippen molar-refractivity contribution in [1.82, 2.24) is 15.2 Å². The second kappa shape index (κ2) is 8.26. The standard InChI is InChI=1S/C20H22FN3O3/c1-13-10-15(21)6-5-14(13)11-19(26)23-16-7-9-24(12-18(16)25)20(27)17-4-2-3-8-22-17/h2-6,8,10,16,18,25H,7,9,11-12H2,1H3,(H,23,26)/t16-,18-/m1/s1. The minimum Gasteiger partial charge on any atom is -0.389 e. The summed E-state index contributed by atoms with van der Waals surface area (Å²) in [6.07, 6.45) is 1.26. The molecule has 2 N–H and O–H groups in total. The van der Waals surface area contributed by atoms with E-state index in [0.29, 0.717) is 24.2 Å². The number of rotatable bonds is 4. The Bertz CT molecular complexity index is 828. The Morgan fingerprint density at radius 3 is 2.81 bits per heavy atom. The number of aliphatic hydroxyl groups excluding tert-OH is 1. The third-order valence-corrected chi connectivity index (χ3v) is 4.76. The molecule has 6 nitrogen and oxygen atoms in total. The minimum atomic E-state index is -0.857. The molecule has 2 heterocycles. The summed E-state index contributed by atoms with van der Waals surface area (Å²) < 4.78 is 13.2. The SMILES string of the molecule is Cc1cc(F)ccc1CC(=O)N[C@@H]1CCN(C(=O)c2ccccn2)C[C@H]1O. The summed E-state index contributed by atoms with van der Waals surface area (Å²) in [6, 6.07) is 8.98. The number of amides is 2. The highest BCUT2D eigenvalue weighted by atomic mass is 19.1. The number of aliphatic hydroxyl groups is 1. The predicted octanol–water partition coefficient (Wildman–Crippen LogP) is 1.46. The first-order valence-electron chi connectivity index (χ1n) is 8.87. The number of aromatic nitrogens is 1. The maximum Gasteiger partial charge on any atom is 0.272 e. The van der Waals surface area contributed by atoms with E-state index in [1.165, 1.54) is 12.1 Å². The van der Waals surface area contributed by atoms with Crippen LogP contribution in [-0.2, 0) is 11.2 Å². The van der Waals surface area contributed by atoms with E-state index in [0.717, 1.165) is 5.56 Å². The number of β-amino-alcohol motifs (C(OH)–C–C–N with tert-alkyl or cyclic N) is 1. The predicted molar refractivity (Wildman–Crippen MR) is 97.5 cm³/mol. The lowest BCUT2D eigenvalue weighted by molar-refractivity contribution is -0.122. The fourth-order valence-electron chi connectivity index (χ4n) is 3.22. The molecule has 1 saturated heterocycles. The van der Waals surface area contributed by atoms with Crippen LogP contribution in [0.25, 0.3) is 0 Å². The number of pyridine rings is 1. The topological polar surface area (TPSA) is 82.5 Å². The second-order valence-electron chi connectivity index (χ2n) is 6.74. The Morgan fingerprint density at radius 2 is 2.15 bits per heavy atom. The number of benzene rings is 1. The van der Waals surface area contributed by atoms with Crippen molar-refractivity contribution in [2.75, 3.05) is 13.1 Å². The molecule has 0 bridgehead atoms. The first-order valence-corrected chi connectivity index (χ1v) is 8.87. The summed E-state index contributed by atoms with van der Waals surface area (Å²) in [4.78, 5) is 30.3. The van der Waals surface area contributed by atoms with Crippen LogP contribution in [0.1, 0.15) is 28.0 Å². The molecule has 0 unspecified atom stereocenters. The van der Waals surface area contributed by atoms with Crippen LogP contribution in [-0.4, -0.2) is 52.0 Å². The van der Waals surface area contributed by atoms with Crippen LogP contribution >= 0.6 is 0 Å². The molecule has 0 radical (unpaired) electrons. The van der Waals surface area contributed by atoms with Gasteiger partial charge in [0.15, 0.2) is 0 Å². The zero-order valence-electron chi connectivity index (χ0n) is 15.1. The van der Waals surface area contributed by atoms with Crippen LogP contribution in [0.2, 0.25) is 0 Å². The molecular formula is C20H22FN3O3. The molecule has 3 rings (SSSR count). The van der Waals surface area contributed by atoms with Crippen LogP contribution in [0.15, 0.2) is 42.6 Å². The molecule has 1 fully saturated rings. The van der Waals surface area contributed by atoms with Gasteiger partial charge < -0.3 is 15.3 Å². The van der Waals surface area contributed by atoms with Crippen LogP contribution in [0.3, 0.4) is 0 Å². The fourth-order valence-corrected chi connectivity index (χ4v) is 3.22. The maximum atomic E-state index is 13.2. The quantitative estimate of drug-likeness (QED) is 0.853. The van der Waals surface area contributed by atoms with Gasteiger partial charge in [0, 0.05) is 19.3 Å². The summed E-state index contributed by atoms with van der Waals surface area (Å²) in [5.74, 6) is -0.809. The largest absolute Gasteiger partial charge is 0.389 e. The Balaban J connectivity index is 1.55. The van der Waals surface area contributed by atoms with E-state index in [-0.39, 0.29) is 30.6 Å². The molecule has 1 aromatic carbocycles. The van der Waals surface area contributed by atoms with Crippen LogP contribution in [0.4, 0.5) is 4.39 Å². The second-order valence-corrected chi connectivity index (χ2v) is 6.74. The molecule has 0 saturated carbocycles. The molecule has 2 aromatic rings. The number of hydrogen-bond acceptors (Lipinski definition) is 4. The number of halogens is 1. The number of nitrogens with one attached hydrogen (secondary N) is 1. The number of likely N-dealkylation sites (tertiary alicyclic amines) is 1. The van der Waals surface area contributed by atoms with Gasteiger partial charge >= 0.3 is 0 Å². The lowest BCUT2D eigenvalue weighted by atomic mass is 10.00. The number of piperidine rings is 1. The van der Waals surface area contributed by atoms with Crippen molar-refractivity contribution in [2.45, 2.75) is 31.9 Å². The number of hydrogen-bond donors (Lipinski definition) is 2. The Labute approximate surface area is 157 Å². The van der Waals surface area contributed by atoms with Gasteiger partial charge in [0.05, 0.1) is 18.6 Å². The zero-order valence-corrected chi connectivity index (χ0v) is 15.1. The lowest BCUT2D eigenvalue weighted by Crippen LogP contribution is -2.55. The molecule has 2 atom stereocenters. The summed E-state index contributed by atoms with van der Waals surface area (Å²) in [7, 11) is 0. The third-order valence-electron chi connectivity index (χ3n) is 4.76. The molecule has 2 amide bonds. The van der Waals surface area contributed by atoms with E-state index in [9.17, 15) is 19.1 Å². The highest BCUT2D eigenvalue weighted by Gasteiger charge is 2.31. The van der Waals surface area contributed by atoms with Crippen LogP contribution < -0.4 is 5.32 Å². The van der Waals surface area contributed by atoms with Crippen molar-refractivity contribution in [1.29, 1.82) is 0 Å². The highest BCUT2D eigenvalue weighted by Crippen LogP contribution is 2.15. The molecule has 0 spiro atoms. The van der Waals surface area contributed by atoms with Crippen molar-refractivity contribution >= 4 is 11.8 Å². The summed E-state index contributed by atoms with van der Waals surface area (Å²) in [5.41, 5.74) is 1.78. The van der Waals surface area contributed by atoms with Gasteiger partial charge in [0.2, 0.25) is 5.91 Å². The molecule has 27 heavy (non-hydrogen) atoms. The molecule has 0 aliphatic carbocycles. The van der Waals surface area contributed by atoms with Gasteiger partial charge in [-0.25, -0.2) is 4.39 Å². The van der Waals surface area contributed by atoms with E-state index in [1.54, 1.807) is 42.3 Å². The van der Waals surface area contributed by atoms with E-state index >= 15 is 0 Å². The van der Waals surface area contributed by atoms with Crippen molar-refractivity contribution < 1.29 is 19.1 Å². The van der Waals surface area contributed by atoms with Crippen molar-refractivity contribution in [3.05, 3.63) is 65.2 Å². The van der Waals surface area contributed by atoms with E-state index in [2.05, 4.69) is 10.3 Å². The number of aryl methyl sites for hydroxylation is 1. The summed E-state index contributed by atoms with van der Waals surface area (Å²) >= 11 is 0. The number of carbonyl (C=O) groups excluding carboxylic acids is 2. The van der Waals surface area contributed by atoms with Gasteiger partial charge in [0.25, 0.3) is 5.91 Å². The van der Waals surface area contributed by atoms with E-state index < -0.39 is 12.1 Å². The molecule has 1 aromatic heterocycles. The molecule has 1 aliphatic rings. The minimum absolute atomic E-state index is 0.117. The monoisotopic (exact) mass is 371 g/mol. The Kier molecular flexibility index (Phi) is 5.81. The number of carbonyl (C=O) groups is 2. The average Bonchev–Trinajstić information content (AvgIpc) is 2.66. The summed E-state index contributed by atoms with van der Waals surface area (Å²) in [6.45, 7) is 2.31. The van der Waals surface area contributed by atoms with E-state index in [4.69, 9.17) is 0 Å². The zero-order chi connectivity index (χ0) is 19.4. The fraction of sp³-hybridized carbons (Fsp3) is 0.350. The highest BCUT2D eigenvalue weighted by molar-refractivity contribution is 5.92. The third kappa shape index (κ3) is 4.68. The smallest absolute Gasteiger partial charge is 0.272 e. The van der Waals surface area contributed by atoms with Crippen molar-refractivity contribution in [3.8, 4) is 0 Å². The van der Waals surface area contributed by atoms with E-state index in [1.807, 2.05) is 0 Å². The van der Waals surface area contributed by atoms with Gasteiger partial charge in [-0.1, -0.05) is 12.1 Å². The van der Waals surface area contributed by atoms with Crippen molar-refractivity contribution in [3.63, 3.8) is 0 Å². The molecule has 1 aliphatic heterocycles. The van der Waals surface area contributed by atoms with Gasteiger partial charge in [-0.05, 0) is 48.7 Å². The number of nitrogens with zero attached hydrogens (tertiary/aromatic N) is 2. The Hall–Kier alpha value is -2.80. The molecular weight excluding hydrogens is 349 g/mol. The van der Waals surface area contributed by atoms with Gasteiger partial charge in [-0.2, -0.15) is 0 Å². The Morgan fingerprint density at radius 1 is 1.33 bits per heavy atom. The maximum absolute atomic E-state index is 13.2. The normalized spacial score (nSPS) is 19.6. The lowest BCUT2D eigenvalue weighted by Gasteiger charge is -2.36. The summed E-state index contributed by atoms with van der Waals surface area (Å²) in [5, 5.41) is 13.2. The van der Waals surface area contributed by atoms with Crippen LogP contribution in [0, 0.1) is 12.7 Å². The van der Waals surface area contributed by atoms with Gasteiger partial charge in [0.1, 0.15) is 11.5 Å². The average molecular weight is 371 g/mol. The first kappa shape index (κ1) is 19.0. The van der Waals surface area contributed by atoms with Crippen molar-refractivity contribution in [2.24, 2.45) is 0 Å². The molecule has 142 valence electrons. The van der Waals surface area contributed by atoms with Crippen LogP contribution in [0.5, 0.6) is 0 Å². The van der Waals surface area contributed by atoms with Gasteiger partial charge in [-0.15, -0.1) is 0 Å². The van der Waals surface area contributed by atoms with Gasteiger partial charge in [-0.3, -0.25) is 14.6 Å². The molecule has 7 heteroatoms.